The van der Waals surface area contributed by atoms with Gasteiger partial charge in [0.25, 0.3) is 0 Å². The fraction of sp³-hybridized carbons (Fsp3) is 0.600. The second kappa shape index (κ2) is 7.24. The number of aryl methyl sites for hydroxylation is 1. The van der Waals surface area contributed by atoms with E-state index in [9.17, 15) is 4.79 Å². The average molecular weight is 265 g/mol. The van der Waals surface area contributed by atoms with E-state index in [1.807, 2.05) is 27.7 Å². The molecule has 0 aliphatic carbocycles. The molecule has 4 nitrogen and oxygen atoms in total. The molecule has 0 spiro atoms. The highest BCUT2D eigenvalue weighted by atomic mass is 16.5. The summed E-state index contributed by atoms with van der Waals surface area (Å²) in [6.07, 6.45) is 2.39. The number of hydrogen-bond donors (Lipinski definition) is 0. The normalized spacial score (nSPS) is 12.3. The van der Waals surface area contributed by atoms with Gasteiger partial charge in [-0.2, -0.15) is 0 Å². The molecule has 0 saturated heterocycles. The Balaban J connectivity index is 2.91. The maximum Gasteiger partial charge on any atom is 0.167 e. The molecule has 1 rings (SSSR count). The molecule has 106 valence electrons. The van der Waals surface area contributed by atoms with Crippen molar-refractivity contribution in [2.24, 2.45) is 0 Å². The van der Waals surface area contributed by atoms with E-state index in [2.05, 4.69) is 4.98 Å². The summed E-state index contributed by atoms with van der Waals surface area (Å²) in [6.45, 7) is 8.28. The largest absolute Gasteiger partial charge is 0.496 e. The average Bonchev–Trinajstić information content (AvgIpc) is 2.39. The number of Topliss-reactive ketones (excluding diaryl/α,β-unsaturated/α-hetero) is 1. The second-order valence-corrected chi connectivity index (χ2v) is 4.54. The zero-order chi connectivity index (χ0) is 14.4. The topological polar surface area (TPSA) is 48.4 Å². The third-order valence-electron chi connectivity index (χ3n) is 3.19. The van der Waals surface area contributed by atoms with Crippen LogP contribution < -0.4 is 4.74 Å². The van der Waals surface area contributed by atoms with E-state index in [1.165, 1.54) is 0 Å². The van der Waals surface area contributed by atoms with Crippen molar-refractivity contribution in [3.8, 4) is 5.75 Å². The van der Waals surface area contributed by atoms with Gasteiger partial charge in [0.1, 0.15) is 11.9 Å². The summed E-state index contributed by atoms with van der Waals surface area (Å²) in [5, 5.41) is 0. The van der Waals surface area contributed by atoms with Crippen LogP contribution in [0.25, 0.3) is 0 Å². The van der Waals surface area contributed by atoms with Gasteiger partial charge in [0.2, 0.25) is 0 Å². The van der Waals surface area contributed by atoms with Crippen LogP contribution >= 0.6 is 0 Å². The van der Waals surface area contributed by atoms with Gasteiger partial charge in [0.15, 0.2) is 5.78 Å². The molecule has 4 heteroatoms. The molecule has 1 aromatic heterocycles. The Morgan fingerprint density at radius 2 is 2.05 bits per heavy atom. The molecule has 0 fully saturated rings. The predicted molar refractivity (Wildman–Crippen MR) is 74.7 cm³/mol. The maximum absolute atomic E-state index is 12.2. The molecular formula is C15H23NO3. The zero-order valence-corrected chi connectivity index (χ0v) is 12.4. The second-order valence-electron chi connectivity index (χ2n) is 4.54. The molecule has 0 radical (unpaired) electrons. The van der Waals surface area contributed by atoms with Gasteiger partial charge >= 0.3 is 0 Å². The first-order chi connectivity index (χ1) is 9.04. The summed E-state index contributed by atoms with van der Waals surface area (Å²) < 4.78 is 10.8. The summed E-state index contributed by atoms with van der Waals surface area (Å²) in [7, 11) is 1.63. The summed E-state index contributed by atoms with van der Waals surface area (Å²) in [5.74, 6) is 0.883. The van der Waals surface area contributed by atoms with E-state index in [-0.39, 0.29) is 11.9 Å². The molecule has 0 amide bonds. The smallest absolute Gasteiger partial charge is 0.167 e. The SMILES string of the molecule is CCOC(CC)C(=O)Cc1ncc(C)c(OC)c1C. The monoisotopic (exact) mass is 265 g/mol. The molecule has 0 N–H and O–H groups in total. The lowest BCUT2D eigenvalue weighted by Crippen LogP contribution is -2.26. The van der Waals surface area contributed by atoms with Crippen molar-refractivity contribution in [1.29, 1.82) is 0 Å². The number of pyridine rings is 1. The number of ether oxygens (including phenoxy) is 2. The van der Waals surface area contributed by atoms with Crippen molar-refractivity contribution in [2.45, 2.75) is 46.6 Å². The van der Waals surface area contributed by atoms with Gasteiger partial charge in [0.05, 0.1) is 19.2 Å². The van der Waals surface area contributed by atoms with Crippen LogP contribution in [0.5, 0.6) is 5.75 Å². The molecule has 19 heavy (non-hydrogen) atoms. The van der Waals surface area contributed by atoms with E-state index < -0.39 is 0 Å². The first-order valence-corrected chi connectivity index (χ1v) is 6.68. The van der Waals surface area contributed by atoms with Crippen molar-refractivity contribution < 1.29 is 14.3 Å². The summed E-state index contributed by atoms with van der Waals surface area (Å²) in [5.41, 5.74) is 2.68. The Morgan fingerprint density at radius 3 is 2.58 bits per heavy atom. The highest BCUT2D eigenvalue weighted by Crippen LogP contribution is 2.24. The van der Waals surface area contributed by atoms with Crippen LogP contribution in [0.4, 0.5) is 0 Å². The molecule has 0 aliphatic rings. The van der Waals surface area contributed by atoms with E-state index in [0.717, 1.165) is 22.6 Å². The molecule has 0 bridgehead atoms. The van der Waals surface area contributed by atoms with Crippen molar-refractivity contribution in [3.05, 3.63) is 23.0 Å². The fourth-order valence-electron chi connectivity index (χ4n) is 2.17. The minimum atomic E-state index is -0.335. The van der Waals surface area contributed by atoms with Gasteiger partial charge in [-0.3, -0.25) is 9.78 Å². The van der Waals surface area contributed by atoms with Gasteiger partial charge in [-0.15, -0.1) is 0 Å². The van der Waals surface area contributed by atoms with Crippen LogP contribution in [-0.2, 0) is 16.0 Å². The zero-order valence-electron chi connectivity index (χ0n) is 12.4. The number of methoxy groups -OCH3 is 1. The van der Waals surface area contributed by atoms with Crippen LogP contribution in [-0.4, -0.2) is 30.6 Å². The number of carbonyl (C=O) groups is 1. The van der Waals surface area contributed by atoms with E-state index in [0.29, 0.717) is 19.4 Å². The minimum Gasteiger partial charge on any atom is -0.496 e. The van der Waals surface area contributed by atoms with Crippen LogP contribution in [0.2, 0.25) is 0 Å². The number of rotatable bonds is 7. The number of ketones is 1. The number of carbonyl (C=O) groups excluding carboxylic acids is 1. The molecule has 1 atom stereocenters. The first kappa shape index (κ1) is 15.6. The summed E-state index contributed by atoms with van der Waals surface area (Å²) >= 11 is 0. The van der Waals surface area contributed by atoms with Gasteiger partial charge < -0.3 is 9.47 Å². The van der Waals surface area contributed by atoms with Crippen LogP contribution in [0.3, 0.4) is 0 Å². The van der Waals surface area contributed by atoms with Gasteiger partial charge in [-0.05, 0) is 27.2 Å². The number of aromatic nitrogens is 1. The molecule has 1 heterocycles. The van der Waals surface area contributed by atoms with Crippen molar-refractivity contribution in [1.82, 2.24) is 4.98 Å². The molecule has 0 aromatic carbocycles. The molecule has 1 aromatic rings. The Labute approximate surface area is 115 Å². The lowest BCUT2D eigenvalue weighted by Gasteiger charge is -2.15. The van der Waals surface area contributed by atoms with Crippen molar-refractivity contribution >= 4 is 5.78 Å². The minimum absolute atomic E-state index is 0.0749. The third-order valence-corrected chi connectivity index (χ3v) is 3.19. The van der Waals surface area contributed by atoms with E-state index >= 15 is 0 Å². The molecule has 1 unspecified atom stereocenters. The van der Waals surface area contributed by atoms with Crippen molar-refractivity contribution in [2.75, 3.05) is 13.7 Å². The molecule has 0 saturated carbocycles. The van der Waals surface area contributed by atoms with Crippen LogP contribution in [0.15, 0.2) is 6.20 Å². The third kappa shape index (κ3) is 3.77. The van der Waals surface area contributed by atoms with Crippen LogP contribution in [0.1, 0.15) is 37.1 Å². The number of hydrogen-bond acceptors (Lipinski definition) is 4. The Kier molecular flexibility index (Phi) is 5.96. The lowest BCUT2D eigenvalue weighted by molar-refractivity contribution is -0.129. The van der Waals surface area contributed by atoms with Crippen molar-refractivity contribution in [3.63, 3.8) is 0 Å². The first-order valence-electron chi connectivity index (χ1n) is 6.68. The van der Waals surface area contributed by atoms with E-state index in [4.69, 9.17) is 9.47 Å². The highest BCUT2D eigenvalue weighted by molar-refractivity contribution is 5.85. The quantitative estimate of drug-likeness (QED) is 0.760. The standard InChI is InChI=1S/C15H23NO3/c1-6-14(19-7-2)13(17)8-12-11(4)15(18-5)10(3)9-16-12/h9,14H,6-8H2,1-5H3. The predicted octanol–water partition coefficient (Wildman–Crippen LogP) is 2.63. The Hall–Kier alpha value is -1.42. The molecule has 0 aliphatic heterocycles. The van der Waals surface area contributed by atoms with Gasteiger partial charge in [0, 0.05) is 23.9 Å². The highest BCUT2D eigenvalue weighted by Gasteiger charge is 2.19. The fourth-order valence-corrected chi connectivity index (χ4v) is 2.17. The summed E-state index contributed by atoms with van der Waals surface area (Å²) in [6, 6.07) is 0. The van der Waals surface area contributed by atoms with Crippen LogP contribution in [0, 0.1) is 13.8 Å². The Bertz CT molecular complexity index is 443. The van der Waals surface area contributed by atoms with Gasteiger partial charge in [-0.1, -0.05) is 6.92 Å². The number of nitrogens with zero attached hydrogens (tertiary/aromatic N) is 1. The summed E-state index contributed by atoms with van der Waals surface area (Å²) in [4.78, 5) is 16.5. The Morgan fingerprint density at radius 1 is 1.37 bits per heavy atom. The molecular weight excluding hydrogens is 242 g/mol. The lowest BCUT2D eigenvalue weighted by atomic mass is 10.0. The van der Waals surface area contributed by atoms with Gasteiger partial charge in [-0.25, -0.2) is 0 Å². The maximum atomic E-state index is 12.2. The van der Waals surface area contributed by atoms with E-state index in [1.54, 1.807) is 13.3 Å².